The zero-order chi connectivity index (χ0) is 23.5. The van der Waals surface area contributed by atoms with Gasteiger partial charge < -0.3 is 9.73 Å². The Morgan fingerprint density at radius 1 is 0.941 bits per heavy atom. The van der Waals surface area contributed by atoms with Crippen LogP contribution in [-0.4, -0.2) is 22.6 Å². The fourth-order valence-electron chi connectivity index (χ4n) is 4.18. The van der Waals surface area contributed by atoms with Gasteiger partial charge in [0.05, 0.1) is 6.04 Å². The second-order valence-electron chi connectivity index (χ2n) is 8.30. The lowest BCUT2D eigenvalue weighted by Gasteiger charge is -2.28. The minimum Gasteiger partial charge on any atom is -0.423 e. The van der Waals surface area contributed by atoms with Crippen molar-refractivity contribution in [3.8, 4) is 0 Å². The minimum absolute atomic E-state index is 0.108. The summed E-state index contributed by atoms with van der Waals surface area (Å²) < 4.78 is 5.78. The summed E-state index contributed by atoms with van der Waals surface area (Å²) in [7, 11) is 0. The van der Waals surface area contributed by atoms with Gasteiger partial charge in [-0.2, -0.15) is 4.98 Å². The fraction of sp³-hybridized carbons (Fsp3) is 0.185. The van der Waals surface area contributed by atoms with Gasteiger partial charge in [-0.15, -0.1) is 0 Å². The van der Waals surface area contributed by atoms with Gasteiger partial charge in [-0.1, -0.05) is 66.7 Å². The van der Waals surface area contributed by atoms with Gasteiger partial charge in [-0.05, 0) is 42.7 Å². The molecule has 1 aliphatic heterocycles. The van der Waals surface area contributed by atoms with Gasteiger partial charge in [-0.25, -0.2) is 9.98 Å². The molecule has 5 rings (SSSR count). The van der Waals surface area contributed by atoms with E-state index in [1.54, 1.807) is 0 Å². The Kier molecular flexibility index (Phi) is 5.91. The Morgan fingerprint density at radius 3 is 2.47 bits per heavy atom. The summed E-state index contributed by atoms with van der Waals surface area (Å²) in [6.07, 6.45) is 0. The average Bonchev–Trinajstić information content (AvgIpc) is 3.25. The molecule has 2 unspecified atom stereocenters. The van der Waals surface area contributed by atoms with E-state index in [0.29, 0.717) is 29.8 Å². The highest BCUT2D eigenvalue weighted by molar-refractivity contribution is 6.12. The van der Waals surface area contributed by atoms with Crippen LogP contribution < -0.4 is 10.6 Å². The number of rotatable bonds is 5. The van der Waals surface area contributed by atoms with Gasteiger partial charge in [0.25, 0.3) is 0 Å². The Labute approximate surface area is 197 Å². The zero-order valence-electron chi connectivity index (χ0n) is 19.0. The fourth-order valence-corrected chi connectivity index (χ4v) is 4.18. The maximum absolute atomic E-state index is 13.3. The lowest BCUT2D eigenvalue weighted by Crippen LogP contribution is -2.40. The van der Waals surface area contributed by atoms with Crippen LogP contribution in [0.25, 0.3) is 11.1 Å². The van der Waals surface area contributed by atoms with E-state index in [1.165, 1.54) is 0 Å². The average molecular weight is 452 g/mol. The third kappa shape index (κ3) is 4.45. The molecule has 4 aromatic rings. The molecule has 1 aromatic heterocycles. The van der Waals surface area contributed by atoms with E-state index in [4.69, 9.17) is 9.41 Å². The van der Waals surface area contributed by atoms with Crippen molar-refractivity contribution >= 4 is 34.7 Å². The van der Waals surface area contributed by atoms with Crippen LogP contribution in [0.5, 0.6) is 0 Å². The third-order valence-corrected chi connectivity index (χ3v) is 5.92. The Bertz CT molecular complexity index is 1360. The molecule has 2 N–H and O–H groups in total. The number of aromatic nitrogens is 1. The highest BCUT2D eigenvalue weighted by Crippen LogP contribution is 2.33. The van der Waals surface area contributed by atoms with Crippen molar-refractivity contribution in [2.24, 2.45) is 15.9 Å². The lowest BCUT2D eigenvalue weighted by atomic mass is 9.86. The van der Waals surface area contributed by atoms with Crippen molar-refractivity contribution in [1.29, 1.82) is 0 Å². The molecule has 34 heavy (non-hydrogen) atoms. The Balaban J connectivity index is 1.44. The van der Waals surface area contributed by atoms with E-state index in [0.717, 1.165) is 22.2 Å². The molecule has 7 heteroatoms. The molecule has 2 heterocycles. The van der Waals surface area contributed by atoms with Crippen molar-refractivity contribution < 1.29 is 9.21 Å². The summed E-state index contributed by atoms with van der Waals surface area (Å²) in [5.74, 6) is -0.272. The van der Waals surface area contributed by atoms with Crippen LogP contribution in [0.1, 0.15) is 29.7 Å². The number of amides is 1. The predicted octanol–water partition coefficient (Wildman–Crippen LogP) is 5.05. The molecule has 0 aliphatic carbocycles. The van der Waals surface area contributed by atoms with E-state index in [-0.39, 0.29) is 5.91 Å². The van der Waals surface area contributed by atoms with Gasteiger partial charge in [0, 0.05) is 12.3 Å². The third-order valence-electron chi connectivity index (χ3n) is 5.92. The molecule has 1 amide bonds. The van der Waals surface area contributed by atoms with Crippen LogP contribution in [0, 0.1) is 12.8 Å². The molecule has 0 fully saturated rings. The number of benzene rings is 3. The summed E-state index contributed by atoms with van der Waals surface area (Å²) >= 11 is 0. The summed E-state index contributed by atoms with van der Waals surface area (Å²) in [5.41, 5.74) is 5.18. The number of hydrogen-bond acceptors (Lipinski definition) is 6. The van der Waals surface area contributed by atoms with E-state index in [9.17, 15) is 4.79 Å². The van der Waals surface area contributed by atoms with Gasteiger partial charge in [0.2, 0.25) is 11.9 Å². The number of nitrogens with zero attached hydrogens (tertiary/aromatic N) is 3. The van der Waals surface area contributed by atoms with Crippen molar-refractivity contribution in [2.45, 2.75) is 26.4 Å². The summed E-state index contributed by atoms with van der Waals surface area (Å²) in [6.45, 7) is 4.33. The number of oxazole rings is 1. The maximum Gasteiger partial charge on any atom is 0.302 e. The topological polar surface area (TPSA) is 91.9 Å². The van der Waals surface area contributed by atoms with Crippen LogP contribution in [0.4, 0.5) is 6.01 Å². The van der Waals surface area contributed by atoms with Crippen molar-refractivity contribution in [1.82, 2.24) is 10.3 Å². The van der Waals surface area contributed by atoms with E-state index < -0.39 is 12.0 Å². The summed E-state index contributed by atoms with van der Waals surface area (Å²) in [5, 5.41) is 6.15. The Morgan fingerprint density at radius 2 is 1.68 bits per heavy atom. The minimum atomic E-state index is -0.529. The van der Waals surface area contributed by atoms with Crippen molar-refractivity contribution in [2.75, 3.05) is 5.32 Å². The predicted molar refractivity (Wildman–Crippen MR) is 134 cm³/mol. The number of aryl methyl sites for hydroxylation is 1. The number of aliphatic imine (C=N–C) groups is 2. The first-order valence-corrected chi connectivity index (χ1v) is 11.2. The van der Waals surface area contributed by atoms with Crippen molar-refractivity contribution in [3.05, 3.63) is 95.6 Å². The van der Waals surface area contributed by atoms with Crippen LogP contribution in [0.15, 0.2) is 93.3 Å². The van der Waals surface area contributed by atoms with Crippen molar-refractivity contribution in [3.63, 3.8) is 0 Å². The number of nitrogens with one attached hydrogen (secondary N) is 2. The molecular weight excluding hydrogens is 426 g/mol. The molecule has 1 aliphatic rings. The number of anilines is 1. The molecule has 3 aromatic carbocycles. The van der Waals surface area contributed by atoms with E-state index in [2.05, 4.69) is 20.6 Å². The Hall–Kier alpha value is -4.26. The number of hydrogen-bond donors (Lipinski definition) is 2. The van der Waals surface area contributed by atoms with Crippen LogP contribution >= 0.6 is 0 Å². The molecule has 0 saturated heterocycles. The molecule has 0 bridgehead atoms. The van der Waals surface area contributed by atoms with Crippen LogP contribution in [0.2, 0.25) is 0 Å². The summed E-state index contributed by atoms with van der Waals surface area (Å²) in [6, 6.07) is 25.2. The standard InChI is InChI=1S/C27H25N5O2/c1-17-10-6-7-13-20(17)24-23(25(33)28-16-19-11-4-3-5-12-19)18(2)29-26(31-24)32-27-30-21-14-8-9-15-22(21)34-27/h3-15,23-24H,16H2,1-2H3,(H,28,33)(H,30,31,32). The number of carbonyl (C=O) groups excluding carboxylic acids is 1. The van der Waals surface area contributed by atoms with Crippen LogP contribution in [-0.2, 0) is 11.3 Å². The second-order valence-corrected chi connectivity index (χ2v) is 8.30. The molecule has 170 valence electrons. The number of para-hydroxylation sites is 2. The molecule has 0 spiro atoms. The normalized spacial score (nSPS) is 17.7. The lowest BCUT2D eigenvalue weighted by molar-refractivity contribution is -0.123. The quantitative estimate of drug-likeness (QED) is 0.444. The molecule has 7 nitrogen and oxygen atoms in total. The number of guanidine groups is 1. The van der Waals surface area contributed by atoms with Gasteiger partial charge >= 0.3 is 6.01 Å². The highest BCUT2D eigenvalue weighted by Gasteiger charge is 2.36. The van der Waals surface area contributed by atoms with Gasteiger partial charge in [0.1, 0.15) is 11.4 Å². The summed E-state index contributed by atoms with van der Waals surface area (Å²) in [4.78, 5) is 27.3. The van der Waals surface area contributed by atoms with E-state index in [1.807, 2.05) is 92.7 Å². The van der Waals surface area contributed by atoms with Gasteiger partial charge in [-0.3, -0.25) is 10.1 Å². The first kappa shape index (κ1) is 21.6. The largest absolute Gasteiger partial charge is 0.423 e. The highest BCUT2D eigenvalue weighted by atomic mass is 16.4. The maximum atomic E-state index is 13.3. The number of fused-ring (bicyclic) bond motifs is 1. The number of carbonyl (C=O) groups is 1. The monoisotopic (exact) mass is 451 g/mol. The first-order chi connectivity index (χ1) is 16.6. The first-order valence-electron chi connectivity index (χ1n) is 11.2. The molecule has 0 saturated carbocycles. The molecule has 2 atom stereocenters. The second kappa shape index (κ2) is 9.31. The van der Waals surface area contributed by atoms with E-state index >= 15 is 0 Å². The van der Waals surface area contributed by atoms with Gasteiger partial charge in [0.15, 0.2) is 5.58 Å². The molecule has 0 radical (unpaired) electrons. The zero-order valence-corrected chi connectivity index (χ0v) is 19.0. The SMILES string of the molecule is CC1=NC(Nc2nc3ccccc3o2)=NC(c2ccccc2C)C1C(=O)NCc1ccccc1. The smallest absolute Gasteiger partial charge is 0.302 e. The molecular formula is C27H25N5O2. The van der Waals surface area contributed by atoms with Crippen LogP contribution in [0.3, 0.4) is 0 Å².